The van der Waals surface area contributed by atoms with E-state index in [1.807, 2.05) is 54.6 Å². The fourth-order valence-corrected chi connectivity index (χ4v) is 4.03. The summed E-state index contributed by atoms with van der Waals surface area (Å²) in [7, 11) is 3.15. The first-order valence-electron chi connectivity index (χ1n) is 10.1. The molecule has 0 saturated heterocycles. The van der Waals surface area contributed by atoms with Crippen molar-refractivity contribution in [1.82, 2.24) is 0 Å². The van der Waals surface area contributed by atoms with Crippen molar-refractivity contribution in [3.05, 3.63) is 78.4 Å². The Balaban J connectivity index is 1.50. The summed E-state index contributed by atoms with van der Waals surface area (Å²) in [5, 5.41) is 3.75. The number of nitrogens with one attached hydrogen (secondary N) is 1. The van der Waals surface area contributed by atoms with Crippen molar-refractivity contribution in [3.8, 4) is 11.5 Å². The van der Waals surface area contributed by atoms with Gasteiger partial charge >= 0.3 is 0 Å². The van der Waals surface area contributed by atoms with Gasteiger partial charge in [-0.2, -0.15) is 0 Å². The molecular weight excluding hydrogens is 422 g/mol. The molecule has 3 aromatic rings. The molecule has 162 valence electrons. The fourth-order valence-electron chi connectivity index (χ4n) is 3.26. The van der Waals surface area contributed by atoms with Gasteiger partial charge in [-0.15, -0.1) is 11.8 Å². The van der Waals surface area contributed by atoms with Crippen molar-refractivity contribution in [1.29, 1.82) is 0 Å². The van der Waals surface area contributed by atoms with Crippen molar-refractivity contribution < 1.29 is 14.3 Å². The van der Waals surface area contributed by atoms with Gasteiger partial charge < -0.3 is 14.8 Å². The molecule has 1 aliphatic heterocycles. The van der Waals surface area contributed by atoms with Crippen LogP contribution in [0.4, 0.5) is 17.1 Å². The first kappa shape index (κ1) is 21.6. The number of fused-ring (bicyclic) bond motifs is 1. The van der Waals surface area contributed by atoms with Gasteiger partial charge in [0, 0.05) is 30.3 Å². The summed E-state index contributed by atoms with van der Waals surface area (Å²) in [6.45, 7) is 0. The number of hydrogen-bond acceptors (Lipinski definition) is 6. The number of methoxy groups -OCH3 is 2. The third kappa shape index (κ3) is 5.36. The molecule has 0 unspecified atom stereocenters. The molecule has 3 aromatic carbocycles. The Morgan fingerprint density at radius 3 is 2.19 bits per heavy atom. The van der Waals surface area contributed by atoms with E-state index < -0.39 is 0 Å². The minimum absolute atomic E-state index is 0.135. The Bertz CT molecular complexity index is 1150. The third-order valence-electron chi connectivity index (χ3n) is 4.81. The fraction of sp³-hybridized carbons (Fsp3) is 0.160. The third-order valence-corrected chi connectivity index (χ3v) is 5.79. The lowest BCUT2D eigenvalue weighted by molar-refractivity contribution is -0.113. The molecule has 1 heterocycles. The van der Waals surface area contributed by atoms with E-state index in [4.69, 9.17) is 19.5 Å². The standard InChI is InChI=1S/C25H23N3O3S/c1-30-19-12-18(13-20(14-19)31-2)26-24(29)16-32-25-15-23(17-8-4-3-5-9-17)27-21-10-6-7-11-22(21)28-25/h3-14H,15-16H2,1-2H3,(H,26,29). The van der Waals surface area contributed by atoms with Crippen LogP contribution in [-0.4, -0.2) is 36.6 Å². The highest BCUT2D eigenvalue weighted by Gasteiger charge is 2.16. The average Bonchev–Trinajstić information content (AvgIpc) is 3.02. The quantitative estimate of drug-likeness (QED) is 0.534. The van der Waals surface area contributed by atoms with E-state index in [2.05, 4.69) is 5.32 Å². The summed E-state index contributed by atoms with van der Waals surface area (Å²) in [6, 6.07) is 23.1. The van der Waals surface area contributed by atoms with E-state index >= 15 is 0 Å². The van der Waals surface area contributed by atoms with Crippen LogP contribution >= 0.6 is 11.8 Å². The molecule has 0 aliphatic carbocycles. The first-order valence-corrected chi connectivity index (χ1v) is 11.1. The van der Waals surface area contributed by atoms with Gasteiger partial charge in [0.15, 0.2) is 0 Å². The van der Waals surface area contributed by atoms with Crippen molar-refractivity contribution >= 4 is 45.5 Å². The number of ether oxygens (including phenoxy) is 2. The number of hydrogen-bond donors (Lipinski definition) is 1. The van der Waals surface area contributed by atoms with Crippen molar-refractivity contribution in [2.75, 3.05) is 25.3 Å². The van der Waals surface area contributed by atoms with Crippen LogP contribution in [0.3, 0.4) is 0 Å². The lowest BCUT2D eigenvalue weighted by atomic mass is 10.1. The van der Waals surface area contributed by atoms with Crippen LogP contribution in [0.5, 0.6) is 11.5 Å². The van der Waals surface area contributed by atoms with E-state index in [0.717, 1.165) is 27.7 Å². The molecule has 0 radical (unpaired) electrons. The molecule has 32 heavy (non-hydrogen) atoms. The highest BCUT2D eigenvalue weighted by molar-refractivity contribution is 8.14. The number of nitrogens with zero attached hydrogens (tertiary/aromatic N) is 2. The topological polar surface area (TPSA) is 72.3 Å². The Kier molecular flexibility index (Phi) is 6.87. The van der Waals surface area contributed by atoms with Crippen LogP contribution in [0.2, 0.25) is 0 Å². The normalized spacial score (nSPS) is 12.7. The van der Waals surface area contributed by atoms with Gasteiger partial charge in [-0.1, -0.05) is 42.5 Å². The number of benzene rings is 3. The maximum absolute atomic E-state index is 12.6. The molecule has 4 rings (SSSR count). The van der Waals surface area contributed by atoms with E-state index in [-0.39, 0.29) is 11.7 Å². The zero-order valence-electron chi connectivity index (χ0n) is 17.9. The first-order chi connectivity index (χ1) is 15.6. The average molecular weight is 446 g/mol. The predicted octanol–water partition coefficient (Wildman–Crippen LogP) is 5.63. The number of anilines is 1. The molecule has 0 fully saturated rings. The monoisotopic (exact) mass is 445 g/mol. The number of aliphatic imine (C=N–C) groups is 2. The number of thioether (sulfide) groups is 1. The minimum atomic E-state index is -0.135. The maximum atomic E-state index is 12.6. The van der Waals surface area contributed by atoms with Gasteiger partial charge in [-0.05, 0) is 17.7 Å². The molecule has 0 bridgehead atoms. The number of rotatable bonds is 6. The summed E-state index contributed by atoms with van der Waals surface area (Å²) in [6.07, 6.45) is 0.559. The number of carbonyl (C=O) groups excluding carboxylic acids is 1. The highest BCUT2D eigenvalue weighted by Crippen LogP contribution is 2.33. The predicted molar refractivity (Wildman–Crippen MR) is 131 cm³/mol. The molecule has 7 heteroatoms. The molecule has 1 amide bonds. The van der Waals surface area contributed by atoms with Crippen molar-refractivity contribution in [2.24, 2.45) is 9.98 Å². The van der Waals surface area contributed by atoms with Gasteiger partial charge in [0.05, 0.1) is 42.1 Å². The Hall–Kier alpha value is -3.58. The molecule has 0 saturated carbocycles. The molecule has 0 aromatic heterocycles. The second-order valence-corrected chi connectivity index (χ2v) is 8.08. The molecule has 0 atom stereocenters. The number of para-hydroxylation sites is 2. The van der Waals surface area contributed by atoms with Gasteiger partial charge in [-0.25, -0.2) is 4.99 Å². The Morgan fingerprint density at radius 1 is 0.906 bits per heavy atom. The molecular formula is C25H23N3O3S. The number of carbonyl (C=O) groups is 1. The minimum Gasteiger partial charge on any atom is -0.497 e. The van der Waals surface area contributed by atoms with Crippen molar-refractivity contribution in [3.63, 3.8) is 0 Å². The maximum Gasteiger partial charge on any atom is 0.234 e. The van der Waals surface area contributed by atoms with Crippen LogP contribution in [-0.2, 0) is 4.79 Å². The largest absolute Gasteiger partial charge is 0.497 e. The highest BCUT2D eigenvalue weighted by atomic mass is 32.2. The molecule has 0 spiro atoms. The smallest absolute Gasteiger partial charge is 0.234 e. The van der Waals surface area contributed by atoms with Crippen LogP contribution < -0.4 is 14.8 Å². The van der Waals surface area contributed by atoms with Crippen LogP contribution in [0.1, 0.15) is 12.0 Å². The zero-order valence-corrected chi connectivity index (χ0v) is 18.7. The molecule has 1 N–H and O–H groups in total. The Morgan fingerprint density at radius 2 is 1.53 bits per heavy atom. The molecule has 6 nitrogen and oxygen atoms in total. The Labute approximate surface area is 191 Å². The summed E-state index contributed by atoms with van der Waals surface area (Å²) in [5.74, 6) is 1.31. The van der Waals surface area contributed by atoms with Crippen LogP contribution in [0.25, 0.3) is 0 Å². The summed E-state index contributed by atoms with van der Waals surface area (Å²) in [5.41, 5.74) is 4.23. The van der Waals surface area contributed by atoms with Crippen LogP contribution in [0, 0.1) is 0 Å². The summed E-state index contributed by atoms with van der Waals surface area (Å²) >= 11 is 1.41. The van der Waals surface area contributed by atoms with Gasteiger partial charge in [-0.3, -0.25) is 9.79 Å². The van der Waals surface area contributed by atoms with E-state index in [1.165, 1.54) is 11.8 Å². The SMILES string of the molecule is COc1cc(NC(=O)CSC2=Nc3ccccc3N=C(c3ccccc3)C2)cc(OC)c1. The second kappa shape index (κ2) is 10.2. The van der Waals surface area contributed by atoms with E-state index in [1.54, 1.807) is 32.4 Å². The number of amides is 1. The van der Waals surface area contributed by atoms with E-state index in [0.29, 0.717) is 23.6 Å². The second-order valence-electron chi connectivity index (χ2n) is 7.03. The lowest BCUT2D eigenvalue weighted by Gasteiger charge is -2.10. The van der Waals surface area contributed by atoms with Crippen LogP contribution in [0.15, 0.2) is 82.8 Å². The summed E-state index contributed by atoms with van der Waals surface area (Å²) < 4.78 is 10.5. The van der Waals surface area contributed by atoms with Gasteiger partial charge in [0.1, 0.15) is 11.5 Å². The van der Waals surface area contributed by atoms with Gasteiger partial charge in [0.25, 0.3) is 0 Å². The van der Waals surface area contributed by atoms with Crippen molar-refractivity contribution in [2.45, 2.75) is 6.42 Å². The van der Waals surface area contributed by atoms with Gasteiger partial charge in [0.2, 0.25) is 5.91 Å². The van der Waals surface area contributed by atoms with E-state index in [9.17, 15) is 4.79 Å². The summed E-state index contributed by atoms with van der Waals surface area (Å²) in [4.78, 5) is 22.3. The zero-order chi connectivity index (χ0) is 22.3. The molecule has 1 aliphatic rings. The lowest BCUT2D eigenvalue weighted by Crippen LogP contribution is -2.16.